The Morgan fingerprint density at radius 2 is 1.70 bits per heavy atom. The third-order valence-corrected chi connectivity index (χ3v) is 4.55. The summed E-state index contributed by atoms with van der Waals surface area (Å²) in [5, 5.41) is 7.14. The number of hydrogen-bond donors (Lipinski definition) is 2. The highest BCUT2D eigenvalue weighted by molar-refractivity contribution is 5.69. The number of benzene rings is 2. The molecule has 1 aliphatic carbocycles. The maximum absolute atomic E-state index is 13.4. The molecular weight excluding hydrogens is 289 g/mol. The quantitative estimate of drug-likeness (QED) is 0.758. The average Bonchev–Trinajstić information content (AvgIpc) is 2.96. The number of aromatic nitrogens is 2. The molecule has 0 amide bonds. The van der Waals surface area contributed by atoms with Crippen molar-refractivity contribution in [3.8, 4) is 0 Å². The SMILES string of the molecule is Nc1n[nH]c2c1C=CC(c1ccccc1)(c1ccc(F)cc1)C2. The summed E-state index contributed by atoms with van der Waals surface area (Å²) in [6.07, 6.45) is 4.86. The van der Waals surface area contributed by atoms with Crippen LogP contribution >= 0.6 is 0 Å². The summed E-state index contributed by atoms with van der Waals surface area (Å²) in [4.78, 5) is 0. The molecule has 1 atom stereocenters. The van der Waals surface area contributed by atoms with E-state index in [1.165, 1.54) is 12.1 Å². The molecule has 3 nitrogen and oxygen atoms in total. The van der Waals surface area contributed by atoms with Gasteiger partial charge >= 0.3 is 0 Å². The number of anilines is 1. The second-order valence-electron chi connectivity index (χ2n) is 5.86. The van der Waals surface area contributed by atoms with E-state index in [1.807, 2.05) is 36.4 Å². The molecule has 4 heteroatoms. The van der Waals surface area contributed by atoms with Crippen molar-refractivity contribution in [3.63, 3.8) is 0 Å². The van der Waals surface area contributed by atoms with Gasteiger partial charge in [-0.25, -0.2) is 4.39 Å². The van der Waals surface area contributed by atoms with Crippen LogP contribution in [0.5, 0.6) is 0 Å². The molecule has 0 saturated heterocycles. The van der Waals surface area contributed by atoms with Gasteiger partial charge in [0, 0.05) is 23.1 Å². The standard InChI is InChI=1S/C19H16FN3/c20-15-8-6-14(7-9-15)19(13-4-2-1-3-5-13)11-10-16-17(12-19)22-23-18(16)21/h1-11H,12H2,(H3,21,22,23). The minimum absolute atomic E-state index is 0.233. The molecule has 0 fully saturated rings. The van der Waals surface area contributed by atoms with E-state index in [4.69, 9.17) is 5.73 Å². The van der Waals surface area contributed by atoms with Gasteiger partial charge in [0.25, 0.3) is 0 Å². The van der Waals surface area contributed by atoms with Crippen LogP contribution in [0.3, 0.4) is 0 Å². The fourth-order valence-corrected chi connectivity index (χ4v) is 3.33. The number of rotatable bonds is 2. The van der Waals surface area contributed by atoms with Crippen LogP contribution in [-0.4, -0.2) is 10.2 Å². The van der Waals surface area contributed by atoms with Gasteiger partial charge in [0.05, 0.1) is 0 Å². The van der Waals surface area contributed by atoms with E-state index in [2.05, 4.69) is 28.4 Å². The van der Waals surface area contributed by atoms with Crippen LogP contribution in [0.1, 0.15) is 22.4 Å². The van der Waals surface area contributed by atoms with Crippen molar-refractivity contribution in [2.75, 3.05) is 5.73 Å². The first-order valence-electron chi connectivity index (χ1n) is 7.52. The van der Waals surface area contributed by atoms with Gasteiger partial charge < -0.3 is 5.73 Å². The molecule has 4 rings (SSSR count). The summed E-state index contributed by atoms with van der Waals surface area (Å²) < 4.78 is 13.4. The summed E-state index contributed by atoms with van der Waals surface area (Å²) in [6, 6.07) is 16.9. The Labute approximate surface area is 133 Å². The lowest BCUT2D eigenvalue weighted by molar-refractivity contribution is 0.606. The number of nitrogens with one attached hydrogen (secondary N) is 1. The first-order valence-corrected chi connectivity index (χ1v) is 7.52. The first-order chi connectivity index (χ1) is 11.2. The Morgan fingerprint density at radius 1 is 1.00 bits per heavy atom. The van der Waals surface area contributed by atoms with Crippen LogP contribution in [-0.2, 0) is 11.8 Å². The van der Waals surface area contributed by atoms with E-state index in [-0.39, 0.29) is 11.2 Å². The molecule has 2 aromatic carbocycles. The first kappa shape index (κ1) is 13.8. The Bertz CT molecular complexity index is 865. The lowest BCUT2D eigenvalue weighted by atomic mass is 9.68. The summed E-state index contributed by atoms with van der Waals surface area (Å²) in [6.45, 7) is 0. The maximum atomic E-state index is 13.4. The van der Waals surface area contributed by atoms with Crippen LogP contribution in [0.4, 0.5) is 10.2 Å². The Balaban J connectivity index is 1.92. The molecule has 1 unspecified atom stereocenters. The van der Waals surface area contributed by atoms with Crippen LogP contribution in [0, 0.1) is 5.82 Å². The molecule has 0 radical (unpaired) electrons. The maximum Gasteiger partial charge on any atom is 0.152 e. The van der Waals surface area contributed by atoms with Crippen molar-refractivity contribution in [1.82, 2.24) is 10.2 Å². The number of nitrogen functional groups attached to an aromatic ring is 1. The minimum Gasteiger partial charge on any atom is -0.382 e. The predicted octanol–water partition coefficient (Wildman–Crippen LogP) is 3.69. The number of H-pyrrole nitrogens is 1. The van der Waals surface area contributed by atoms with Crippen molar-refractivity contribution < 1.29 is 4.39 Å². The van der Waals surface area contributed by atoms with Crippen molar-refractivity contribution in [2.24, 2.45) is 0 Å². The fraction of sp³-hybridized carbons (Fsp3) is 0.105. The highest BCUT2D eigenvalue weighted by Crippen LogP contribution is 2.41. The number of nitrogens with zero attached hydrogens (tertiary/aromatic N) is 1. The molecule has 3 N–H and O–H groups in total. The van der Waals surface area contributed by atoms with Gasteiger partial charge in [-0.3, -0.25) is 5.10 Å². The molecule has 1 aromatic heterocycles. The van der Waals surface area contributed by atoms with E-state index in [1.54, 1.807) is 0 Å². The van der Waals surface area contributed by atoms with Crippen LogP contribution in [0.25, 0.3) is 6.08 Å². The Kier molecular flexibility index (Phi) is 3.05. The van der Waals surface area contributed by atoms with Crippen molar-refractivity contribution in [3.05, 3.63) is 88.9 Å². The molecule has 23 heavy (non-hydrogen) atoms. The number of halogens is 1. The van der Waals surface area contributed by atoms with Gasteiger partial charge in [-0.05, 0) is 23.3 Å². The van der Waals surface area contributed by atoms with Gasteiger partial charge in [-0.2, -0.15) is 5.10 Å². The van der Waals surface area contributed by atoms with Crippen molar-refractivity contribution in [2.45, 2.75) is 11.8 Å². The second-order valence-corrected chi connectivity index (χ2v) is 5.86. The van der Waals surface area contributed by atoms with Gasteiger partial charge in [-0.1, -0.05) is 54.6 Å². The second kappa shape index (κ2) is 5.09. The number of fused-ring (bicyclic) bond motifs is 1. The van der Waals surface area contributed by atoms with E-state index >= 15 is 0 Å². The molecule has 1 aliphatic rings. The van der Waals surface area contributed by atoms with Crippen LogP contribution < -0.4 is 5.73 Å². The number of hydrogen-bond acceptors (Lipinski definition) is 2. The third kappa shape index (κ3) is 2.14. The van der Waals surface area contributed by atoms with Crippen molar-refractivity contribution in [1.29, 1.82) is 0 Å². The zero-order chi connectivity index (χ0) is 15.9. The molecule has 1 heterocycles. The lowest BCUT2D eigenvalue weighted by Crippen LogP contribution is -2.30. The van der Waals surface area contributed by atoms with E-state index in [0.29, 0.717) is 12.2 Å². The molecule has 0 saturated carbocycles. The topological polar surface area (TPSA) is 54.7 Å². The fourth-order valence-electron chi connectivity index (χ4n) is 3.33. The van der Waals surface area contributed by atoms with E-state index in [9.17, 15) is 4.39 Å². The van der Waals surface area contributed by atoms with Crippen molar-refractivity contribution >= 4 is 11.9 Å². The zero-order valence-electron chi connectivity index (χ0n) is 12.5. The number of nitrogens with two attached hydrogens (primary N) is 1. The predicted molar refractivity (Wildman–Crippen MR) is 89.4 cm³/mol. The molecular formula is C19H16FN3. The molecule has 0 bridgehead atoms. The highest BCUT2D eigenvalue weighted by Gasteiger charge is 2.36. The summed E-state index contributed by atoms with van der Waals surface area (Å²) in [5.74, 6) is 0.278. The number of allylic oxidation sites excluding steroid dienone is 1. The van der Waals surface area contributed by atoms with Gasteiger partial charge in [0.15, 0.2) is 5.82 Å². The number of aromatic amines is 1. The largest absolute Gasteiger partial charge is 0.382 e. The Hall–Kier alpha value is -2.88. The third-order valence-electron chi connectivity index (χ3n) is 4.55. The summed E-state index contributed by atoms with van der Waals surface area (Å²) in [7, 11) is 0. The smallest absolute Gasteiger partial charge is 0.152 e. The monoisotopic (exact) mass is 305 g/mol. The average molecular weight is 305 g/mol. The van der Waals surface area contributed by atoms with Crippen LogP contribution in [0.15, 0.2) is 60.7 Å². The zero-order valence-corrected chi connectivity index (χ0v) is 12.5. The summed E-state index contributed by atoms with van der Waals surface area (Å²) in [5.41, 5.74) is 9.68. The molecule has 0 spiro atoms. The lowest BCUT2D eigenvalue weighted by Gasteiger charge is -2.34. The Morgan fingerprint density at radius 3 is 2.43 bits per heavy atom. The van der Waals surface area contributed by atoms with Crippen LogP contribution in [0.2, 0.25) is 0 Å². The van der Waals surface area contributed by atoms with Gasteiger partial charge in [0.1, 0.15) is 5.82 Å². The normalized spacial score (nSPS) is 19.5. The van der Waals surface area contributed by atoms with E-state index < -0.39 is 0 Å². The van der Waals surface area contributed by atoms with E-state index in [0.717, 1.165) is 22.4 Å². The minimum atomic E-state index is -0.360. The highest BCUT2D eigenvalue weighted by atomic mass is 19.1. The van der Waals surface area contributed by atoms with Gasteiger partial charge in [-0.15, -0.1) is 0 Å². The summed E-state index contributed by atoms with van der Waals surface area (Å²) >= 11 is 0. The molecule has 114 valence electrons. The molecule has 3 aromatic rings. The molecule has 0 aliphatic heterocycles. The van der Waals surface area contributed by atoms with Gasteiger partial charge in [0.2, 0.25) is 0 Å².